The zero-order valence-electron chi connectivity index (χ0n) is 11.8. The van der Waals surface area contributed by atoms with Gasteiger partial charge in [-0.05, 0) is 36.8 Å². The molecular formula is C16H13Cl2N3O. The number of aromatic nitrogens is 2. The average molecular weight is 334 g/mol. The van der Waals surface area contributed by atoms with Crippen LogP contribution in [0.5, 0.6) is 0 Å². The second-order valence-corrected chi connectivity index (χ2v) is 5.75. The molecule has 6 heteroatoms. The maximum absolute atomic E-state index is 11.6. The van der Waals surface area contributed by atoms with E-state index >= 15 is 0 Å². The van der Waals surface area contributed by atoms with Crippen molar-refractivity contribution in [3.05, 3.63) is 63.9 Å². The van der Waals surface area contributed by atoms with Crippen LogP contribution >= 0.6 is 23.2 Å². The number of amides is 1. The predicted molar refractivity (Wildman–Crippen MR) is 88.6 cm³/mol. The Morgan fingerprint density at radius 1 is 1.23 bits per heavy atom. The summed E-state index contributed by atoms with van der Waals surface area (Å²) in [6, 6.07) is 11.1. The van der Waals surface area contributed by atoms with E-state index in [9.17, 15) is 4.79 Å². The van der Waals surface area contributed by atoms with Crippen LogP contribution in [0.4, 0.5) is 5.82 Å². The molecule has 0 unspecified atom stereocenters. The Morgan fingerprint density at radius 3 is 2.77 bits per heavy atom. The third-order valence-corrected chi connectivity index (χ3v) is 4.15. The van der Waals surface area contributed by atoms with Gasteiger partial charge in [-0.1, -0.05) is 35.3 Å². The molecule has 0 aliphatic rings. The van der Waals surface area contributed by atoms with Crippen LogP contribution in [0, 0.1) is 6.92 Å². The average Bonchev–Trinajstić information content (AvgIpc) is 2.84. The third kappa shape index (κ3) is 2.67. The van der Waals surface area contributed by atoms with Gasteiger partial charge in [0.15, 0.2) is 0 Å². The molecular weight excluding hydrogens is 321 g/mol. The van der Waals surface area contributed by atoms with Crippen molar-refractivity contribution in [2.45, 2.75) is 13.5 Å². The maximum atomic E-state index is 11.6. The monoisotopic (exact) mass is 333 g/mol. The van der Waals surface area contributed by atoms with E-state index in [0.717, 1.165) is 29.1 Å². The van der Waals surface area contributed by atoms with Crippen molar-refractivity contribution < 1.29 is 4.79 Å². The van der Waals surface area contributed by atoms with E-state index in [1.165, 1.54) is 0 Å². The van der Waals surface area contributed by atoms with Crippen LogP contribution in [0.1, 0.15) is 11.3 Å². The van der Waals surface area contributed by atoms with Gasteiger partial charge >= 0.3 is 0 Å². The van der Waals surface area contributed by atoms with Gasteiger partial charge in [0.2, 0.25) is 6.41 Å². The van der Waals surface area contributed by atoms with Crippen LogP contribution in [0.15, 0.2) is 42.6 Å². The number of pyridine rings is 1. The Hall–Kier alpha value is -2.04. The Morgan fingerprint density at radius 2 is 2.05 bits per heavy atom. The van der Waals surface area contributed by atoms with Crippen LogP contribution in [-0.2, 0) is 11.3 Å². The summed E-state index contributed by atoms with van der Waals surface area (Å²) in [5.74, 6) is 0.747. The van der Waals surface area contributed by atoms with E-state index in [4.69, 9.17) is 23.2 Å². The summed E-state index contributed by atoms with van der Waals surface area (Å²) in [6.45, 7) is 2.28. The number of halogens is 2. The molecule has 0 fully saturated rings. The van der Waals surface area contributed by atoms with Gasteiger partial charge in [0.25, 0.3) is 0 Å². The molecule has 22 heavy (non-hydrogen) atoms. The van der Waals surface area contributed by atoms with Crippen LogP contribution in [0.25, 0.3) is 5.65 Å². The zero-order chi connectivity index (χ0) is 15.7. The van der Waals surface area contributed by atoms with Crippen molar-refractivity contribution in [1.29, 1.82) is 0 Å². The van der Waals surface area contributed by atoms with Gasteiger partial charge in [-0.3, -0.25) is 14.1 Å². The quantitative estimate of drug-likeness (QED) is 0.673. The minimum Gasteiger partial charge on any atom is -0.295 e. The van der Waals surface area contributed by atoms with Crippen molar-refractivity contribution in [2.24, 2.45) is 0 Å². The molecule has 1 amide bonds. The van der Waals surface area contributed by atoms with E-state index in [-0.39, 0.29) is 0 Å². The SMILES string of the molecule is Cc1nc2ccccn2c1N(C=O)Cc1ccc(Cl)c(Cl)c1. The Bertz CT molecular complexity index is 845. The van der Waals surface area contributed by atoms with E-state index in [2.05, 4.69) is 4.98 Å². The van der Waals surface area contributed by atoms with Crippen molar-refractivity contribution in [2.75, 3.05) is 4.90 Å². The standard InChI is InChI=1S/C16H13Cl2N3O/c1-11-16(21-7-3-2-4-15(21)19-11)20(10-22)9-12-5-6-13(17)14(18)8-12/h2-8,10H,9H2,1H3. The van der Waals surface area contributed by atoms with Crippen LogP contribution in [0.2, 0.25) is 10.0 Å². The summed E-state index contributed by atoms with van der Waals surface area (Å²) < 4.78 is 1.89. The molecule has 0 aliphatic heterocycles. The maximum Gasteiger partial charge on any atom is 0.215 e. The molecule has 3 aromatic rings. The number of carbonyl (C=O) groups is 1. The lowest BCUT2D eigenvalue weighted by atomic mass is 10.2. The number of fused-ring (bicyclic) bond motifs is 1. The lowest BCUT2D eigenvalue weighted by Gasteiger charge is -2.18. The minimum absolute atomic E-state index is 0.393. The fraction of sp³-hybridized carbons (Fsp3) is 0.125. The summed E-state index contributed by atoms with van der Waals surface area (Å²) >= 11 is 12.0. The Kier molecular flexibility index (Phi) is 4.05. The van der Waals surface area contributed by atoms with Crippen LogP contribution in [-0.4, -0.2) is 15.8 Å². The second kappa shape index (κ2) is 5.99. The number of hydrogen-bond acceptors (Lipinski definition) is 2. The van der Waals surface area contributed by atoms with Gasteiger partial charge in [-0.15, -0.1) is 0 Å². The van der Waals surface area contributed by atoms with Gasteiger partial charge < -0.3 is 0 Å². The first kappa shape index (κ1) is 14.9. The summed E-state index contributed by atoms with van der Waals surface area (Å²) in [5, 5.41) is 0.967. The first-order valence-electron chi connectivity index (χ1n) is 6.69. The van der Waals surface area contributed by atoms with Crippen LogP contribution in [0.3, 0.4) is 0 Å². The molecule has 0 aliphatic carbocycles. The van der Waals surface area contributed by atoms with Gasteiger partial charge in [-0.25, -0.2) is 4.98 Å². The summed E-state index contributed by atoms with van der Waals surface area (Å²) in [4.78, 5) is 17.7. The second-order valence-electron chi connectivity index (χ2n) is 4.93. The molecule has 0 N–H and O–H groups in total. The van der Waals surface area contributed by atoms with Gasteiger partial charge in [-0.2, -0.15) is 0 Å². The third-order valence-electron chi connectivity index (χ3n) is 3.41. The number of rotatable bonds is 4. The number of hydrogen-bond donors (Lipinski definition) is 0. The number of imidazole rings is 1. The highest BCUT2D eigenvalue weighted by Gasteiger charge is 2.16. The van der Waals surface area contributed by atoms with Gasteiger partial charge in [0.1, 0.15) is 11.5 Å². The first-order chi connectivity index (χ1) is 10.6. The highest BCUT2D eigenvalue weighted by atomic mass is 35.5. The number of nitrogens with zero attached hydrogens (tertiary/aromatic N) is 3. The molecule has 3 rings (SSSR count). The first-order valence-corrected chi connectivity index (χ1v) is 7.45. The number of benzene rings is 1. The Labute approximate surface area is 137 Å². The van der Waals surface area contributed by atoms with Crippen molar-refractivity contribution in [1.82, 2.24) is 9.38 Å². The summed E-state index contributed by atoms with van der Waals surface area (Å²) in [6.07, 6.45) is 2.68. The number of carbonyl (C=O) groups excluding carboxylic acids is 1. The van der Waals surface area contributed by atoms with Crippen molar-refractivity contribution in [3.8, 4) is 0 Å². The highest BCUT2D eigenvalue weighted by molar-refractivity contribution is 6.42. The topological polar surface area (TPSA) is 37.6 Å². The number of anilines is 1. The van der Waals surface area contributed by atoms with Crippen molar-refractivity contribution in [3.63, 3.8) is 0 Å². The lowest BCUT2D eigenvalue weighted by Crippen LogP contribution is -2.22. The molecule has 1 aromatic carbocycles. The van der Waals surface area contributed by atoms with E-state index < -0.39 is 0 Å². The Balaban J connectivity index is 2.01. The normalized spacial score (nSPS) is 10.9. The molecule has 112 valence electrons. The molecule has 0 atom stereocenters. The number of aryl methyl sites for hydroxylation is 1. The van der Waals surface area contributed by atoms with E-state index in [1.54, 1.807) is 17.0 Å². The predicted octanol–water partition coefficient (Wildman–Crippen LogP) is 4.11. The minimum atomic E-state index is 0.393. The molecule has 4 nitrogen and oxygen atoms in total. The zero-order valence-corrected chi connectivity index (χ0v) is 13.3. The van der Waals surface area contributed by atoms with Crippen LogP contribution < -0.4 is 4.90 Å². The largest absolute Gasteiger partial charge is 0.295 e. The van der Waals surface area contributed by atoms with E-state index in [0.29, 0.717) is 16.6 Å². The molecule has 2 aromatic heterocycles. The molecule has 0 bridgehead atoms. The molecule has 0 spiro atoms. The van der Waals surface area contributed by atoms with Gasteiger partial charge in [0, 0.05) is 6.20 Å². The summed E-state index contributed by atoms with van der Waals surface area (Å²) in [5.41, 5.74) is 2.49. The molecule has 0 radical (unpaired) electrons. The molecule has 0 saturated carbocycles. The van der Waals surface area contributed by atoms with E-state index in [1.807, 2.05) is 41.8 Å². The van der Waals surface area contributed by atoms with Gasteiger partial charge in [0.05, 0.1) is 22.3 Å². The highest BCUT2D eigenvalue weighted by Crippen LogP contribution is 2.26. The molecule has 2 heterocycles. The smallest absolute Gasteiger partial charge is 0.215 e. The lowest BCUT2D eigenvalue weighted by molar-refractivity contribution is -0.107. The molecule has 0 saturated heterocycles. The fourth-order valence-corrected chi connectivity index (χ4v) is 2.76. The van der Waals surface area contributed by atoms with Crippen molar-refractivity contribution >= 4 is 41.1 Å². The fourth-order valence-electron chi connectivity index (χ4n) is 2.44. The summed E-state index contributed by atoms with van der Waals surface area (Å²) in [7, 11) is 0.